The van der Waals surface area contributed by atoms with Crippen LogP contribution in [0, 0.1) is 12.8 Å². The first-order valence-corrected chi connectivity index (χ1v) is 9.08. The van der Waals surface area contributed by atoms with Gasteiger partial charge in [-0.3, -0.25) is 9.59 Å². The smallest absolute Gasteiger partial charge is 0.307 e. The Kier molecular flexibility index (Phi) is 6.61. The third-order valence-corrected chi connectivity index (χ3v) is 4.87. The Labute approximate surface area is 146 Å². The number of aromatic nitrogens is 1. The van der Waals surface area contributed by atoms with Gasteiger partial charge in [0.25, 0.3) is 0 Å². The minimum absolute atomic E-state index is 0.00824. The number of amides is 1. The highest BCUT2D eigenvalue weighted by Crippen LogP contribution is 2.11. The number of hydrogen-bond donors (Lipinski definition) is 2. The molecule has 6 heteroatoms. The van der Waals surface area contributed by atoms with Crippen LogP contribution in [0.15, 0.2) is 40.5 Å². The molecular formula is C18H25N3O2S. The van der Waals surface area contributed by atoms with Gasteiger partial charge in [-0.2, -0.15) is 0 Å². The van der Waals surface area contributed by atoms with E-state index in [2.05, 4.69) is 24.5 Å². The molecule has 0 fully saturated rings. The van der Waals surface area contributed by atoms with E-state index in [-0.39, 0.29) is 16.8 Å². The lowest BCUT2D eigenvalue weighted by Gasteiger charge is -2.24. The SMILES string of the molecule is Cc1csc(=O)n1CCC(=O)NCC(Nc1ccccc1)C(C)C. The summed E-state index contributed by atoms with van der Waals surface area (Å²) in [6.07, 6.45) is 0.313. The number of benzene rings is 1. The van der Waals surface area contributed by atoms with Gasteiger partial charge in [0.2, 0.25) is 5.91 Å². The fraction of sp³-hybridized carbons (Fsp3) is 0.444. The zero-order valence-corrected chi connectivity index (χ0v) is 15.2. The number of rotatable bonds is 8. The summed E-state index contributed by atoms with van der Waals surface area (Å²) >= 11 is 1.17. The van der Waals surface area contributed by atoms with Crippen LogP contribution in [0.2, 0.25) is 0 Å². The maximum absolute atomic E-state index is 12.1. The predicted molar refractivity (Wildman–Crippen MR) is 99.6 cm³/mol. The van der Waals surface area contributed by atoms with Crippen molar-refractivity contribution in [1.82, 2.24) is 9.88 Å². The van der Waals surface area contributed by atoms with Crippen LogP contribution in [-0.4, -0.2) is 23.1 Å². The van der Waals surface area contributed by atoms with Crippen molar-refractivity contribution in [3.8, 4) is 0 Å². The lowest BCUT2D eigenvalue weighted by Crippen LogP contribution is -2.40. The van der Waals surface area contributed by atoms with E-state index in [1.165, 1.54) is 11.3 Å². The van der Waals surface area contributed by atoms with Crippen molar-refractivity contribution in [1.29, 1.82) is 0 Å². The summed E-state index contributed by atoms with van der Waals surface area (Å²) in [5.41, 5.74) is 1.95. The van der Waals surface area contributed by atoms with Crippen LogP contribution in [0.4, 0.5) is 5.69 Å². The van der Waals surface area contributed by atoms with Crippen LogP contribution >= 0.6 is 11.3 Å². The predicted octanol–water partition coefficient (Wildman–Crippen LogP) is 2.86. The first kappa shape index (κ1) is 18.3. The molecule has 1 atom stereocenters. The maximum atomic E-state index is 12.1. The van der Waals surface area contributed by atoms with Crippen LogP contribution in [0.25, 0.3) is 0 Å². The summed E-state index contributed by atoms with van der Waals surface area (Å²) in [5, 5.41) is 8.24. The molecule has 0 aliphatic rings. The molecule has 0 saturated heterocycles. The van der Waals surface area contributed by atoms with Crippen LogP contribution in [0.3, 0.4) is 0 Å². The second-order valence-electron chi connectivity index (χ2n) is 6.21. The minimum atomic E-state index is -0.0342. The molecule has 1 unspecified atom stereocenters. The fourth-order valence-corrected chi connectivity index (χ4v) is 3.16. The van der Waals surface area contributed by atoms with E-state index >= 15 is 0 Å². The Bertz CT molecular complexity index is 707. The van der Waals surface area contributed by atoms with Gasteiger partial charge in [0.1, 0.15) is 0 Å². The molecule has 1 aromatic heterocycles. The summed E-state index contributed by atoms with van der Waals surface area (Å²) in [7, 11) is 0. The summed E-state index contributed by atoms with van der Waals surface area (Å²) < 4.78 is 1.65. The average molecular weight is 347 g/mol. The van der Waals surface area contributed by atoms with Crippen molar-refractivity contribution in [2.45, 2.75) is 39.8 Å². The number of nitrogens with zero attached hydrogens (tertiary/aromatic N) is 1. The van der Waals surface area contributed by atoms with Gasteiger partial charge < -0.3 is 15.2 Å². The standard InChI is InChI=1S/C18H25N3O2S/c1-13(2)16(20-15-7-5-4-6-8-15)11-19-17(22)9-10-21-14(3)12-24-18(21)23/h4-8,12-13,16,20H,9-11H2,1-3H3,(H,19,22). The van der Waals surface area contributed by atoms with Gasteiger partial charge >= 0.3 is 4.87 Å². The van der Waals surface area contributed by atoms with Gasteiger partial charge in [0.15, 0.2) is 0 Å². The molecule has 0 radical (unpaired) electrons. The third-order valence-electron chi connectivity index (χ3n) is 3.99. The molecular weight excluding hydrogens is 322 g/mol. The molecule has 0 aliphatic carbocycles. The maximum Gasteiger partial charge on any atom is 0.307 e. The molecule has 5 nitrogen and oxygen atoms in total. The fourth-order valence-electron chi connectivity index (χ4n) is 2.40. The van der Waals surface area contributed by atoms with Crippen molar-refractivity contribution < 1.29 is 4.79 Å². The molecule has 2 N–H and O–H groups in total. The summed E-state index contributed by atoms with van der Waals surface area (Å²) in [4.78, 5) is 23.7. The van der Waals surface area contributed by atoms with Gasteiger partial charge in [0.05, 0.1) is 0 Å². The van der Waals surface area contributed by atoms with Gasteiger partial charge in [-0.15, -0.1) is 0 Å². The van der Waals surface area contributed by atoms with Crippen molar-refractivity contribution in [2.24, 2.45) is 5.92 Å². The van der Waals surface area contributed by atoms with Gasteiger partial charge in [-0.25, -0.2) is 0 Å². The number of carbonyl (C=O) groups is 1. The van der Waals surface area contributed by atoms with Crippen LogP contribution in [0.1, 0.15) is 26.0 Å². The molecule has 0 aliphatic heterocycles. The summed E-state index contributed by atoms with van der Waals surface area (Å²) in [6, 6.07) is 10.1. The number of para-hydroxylation sites is 1. The lowest BCUT2D eigenvalue weighted by atomic mass is 10.0. The molecule has 2 rings (SSSR count). The zero-order chi connectivity index (χ0) is 17.5. The number of aryl methyl sites for hydroxylation is 1. The number of thiazole rings is 1. The number of anilines is 1. The highest BCUT2D eigenvalue weighted by Gasteiger charge is 2.14. The molecule has 1 heterocycles. The first-order valence-electron chi connectivity index (χ1n) is 8.20. The lowest BCUT2D eigenvalue weighted by molar-refractivity contribution is -0.121. The first-order chi connectivity index (χ1) is 11.5. The highest BCUT2D eigenvalue weighted by atomic mass is 32.1. The Morgan fingerprint density at radius 3 is 2.54 bits per heavy atom. The Hall–Kier alpha value is -2.08. The molecule has 0 spiro atoms. The summed E-state index contributed by atoms with van der Waals surface area (Å²) in [5.74, 6) is 0.347. The van der Waals surface area contributed by atoms with Crippen LogP contribution < -0.4 is 15.5 Å². The molecule has 0 bridgehead atoms. The monoisotopic (exact) mass is 347 g/mol. The second-order valence-corrected chi connectivity index (χ2v) is 7.03. The molecule has 130 valence electrons. The van der Waals surface area contributed by atoms with Gasteiger partial charge in [0, 0.05) is 42.3 Å². The van der Waals surface area contributed by atoms with E-state index in [0.717, 1.165) is 11.4 Å². The van der Waals surface area contributed by atoms with Gasteiger partial charge in [-0.05, 0) is 25.0 Å². The Balaban J connectivity index is 1.83. The Morgan fingerprint density at radius 2 is 1.96 bits per heavy atom. The summed E-state index contributed by atoms with van der Waals surface area (Å²) in [6.45, 7) is 7.12. The van der Waals surface area contributed by atoms with E-state index in [1.807, 2.05) is 42.6 Å². The van der Waals surface area contributed by atoms with E-state index in [1.54, 1.807) is 4.57 Å². The van der Waals surface area contributed by atoms with E-state index in [0.29, 0.717) is 25.4 Å². The number of carbonyl (C=O) groups excluding carboxylic acids is 1. The third kappa shape index (κ3) is 5.23. The highest BCUT2D eigenvalue weighted by molar-refractivity contribution is 7.07. The van der Waals surface area contributed by atoms with Crippen LogP contribution in [-0.2, 0) is 11.3 Å². The largest absolute Gasteiger partial charge is 0.380 e. The molecule has 1 aromatic carbocycles. The number of hydrogen-bond acceptors (Lipinski definition) is 4. The Morgan fingerprint density at radius 1 is 1.25 bits per heavy atom. The van der Waals surface area contributed by atoms with Crippen LogP contribution in [0.5, 0.6) is 0 Å². The van der Waals surface area contributed by atoms with Crippen molar-refractivity contribution >= 4 is 22.9 Å². The normalized spacial score (nSPS) is 12.2. The quantitative estimate of drug-likeness (QED) is 0.772. The average Bonchev–Trinajstić information content (AvgIpc) is 2.88. The molecule has 1 amide bonds. The number of nitrogens with one attached hydrogen (secondary N) is 2. The van der Waals surface area contributed by atoms with Gasteiger partial charge in [-0.1, -0.05) is 43.4 Å². The topological polar surface area (TPSA) is 63.1 Å². The van der Waals surface area contributed by atoms with Crippen molar-refractivity contribution in [2.75, 3.05) is 11.9 Å². The van der Waals surface area contributed by atoms with Crippen molar-refractivity contribution in [3.05, 3.63) is 51.1 Å². The van der Waals surface area contributed by atoms with E-state index < -0.39 is 0 Å². The molecule has 0 saturated carbocycles. The molecule has 24 heavy (non-hydrogen) atoms. The second kappa shape index (κ2) is 8.68. The molecule has 2 aromatic rings. The van der Waals surface area contributed by atoms with E-state index in [4.69, 9.17) is 0 Å². The minimum Gasteiger partial charge on any atom is -0.380 e. The van der Waals surface area contributed by atoms with Crippen molar-refractivity contribution in [3.63, 3.8) is 0 Å². The zero-order valence-electron chi connectivity index (χ0n) is 14.4. The van der Waals surface area contributed by atoms with E-state index in [9.17, 15) is 9.59 Å².